The van der Waals surface area contributed by atoms with E-state index in [1.165, 1.54) is 0 Å². The van der Waals surface area contributed by atoms with Crippen LogP contribution in [0, 0.1) is 18.3 Å². The maximum absolute atomic E-state index is 11.3. The molecule has 2 aromatic rings. The van der Waals surface area contributed by atoms with E-state index in [9.17, 15) is 4.79 Å². The van der Waals surface area contributed by atoms with Crippen LogP contribution < -0.4 is 14.8 Å². The first-order valence-corrected chi connectivity index (χ1v) is 8.70. The van der Waals surface area contributed by atoms with Crippen LogP contribution in [0.2, 0.25) is 5.02 Å². The van der Waals surface area contributed by atoms with Gasteiger partial charge in [-0.3, -0.25) is 4.79 Å². The van der Waals surface area contributed by atoms with Gasteiger partial charge in [0.05, 0.1) is 6.07 Å². The van der Waals surface area contributed by atoms with E-state index in [0.29, 0.717) is 31.2 Å². The maximum Gasteiger partial charge on any atom is 0.234 e. The van der Waals surface area contributed by atoms with Gasteiger partial charge in [0.25, 0.3) is 0 Å². The van der Waals surface area contributed by atoms with E-state index in [-0.39, 0.29) is 12.3 Å². The minimum absolute atomic E-state index is 0.115. The average molecular weight is 373 g/mol. The van der Waals surface area contributed by atoms with Gasteiger partial charge in [-0.05, 0) is 54.8 Å². The number of carbonyl (C=O) groups excluding carboxylic acids is 1. The highest BCUT2D eigenvalue weighted by Gasteiger charge is 2.02. The number of nitriles is 1. The van der Waals surface area contributed by atoms with Gasteiger partial charge >= 0.3 is 0 Å². The molecule has 0 aliphatic rings. The van der Waals surface area contributed by atoms with Crippen molar-refractivity contribution in [1.29, 1.82) is 5.26 Å². The van der Waals surface area contributed by atoms with Crippen LogP contribution in [-0.2, 0) is 11.2 Å². The molecule has 0 spiro atoms. The van der Waals surface area contributed by atoms with Gasteiger partial charge in [0.2, 0.25) is 5.91 Å². The standard InChI is InChI=1S/C20H21ClN2O3/c1-15-13-18(5-6-19(15)21)26-12-11-25-17-4-2-3-16(14-17)8-10-23-20(24)7-9-22/h2-6,13-14H,7-8,10-12H2,1H3,(H,23,24). The van der Waals surface area contributed by atoms with E-state index in [0.717, 1.165) is 22.6 Å². The number of carbonyl (C=O) groups is 1. The third kappa shape index (κ3) is 6.66. The van der Waals surface area contributed by atoms with Crippen molar-refractivity contribution in [3.05, 3.63) is 58.6 Å². The molecule has 0 atom stereocenters. The van der Waals surface area contributed by atoms with E-state index in [4.69, 9.17) is 26.3 Å². The largest absolute Gasteiger partial charge is 0.490 e. The van der Waals surface area contributed by atoms with Gasteiger partial charge in [0.1, 0.15) is 31.1 Å². The van der Waals surface area contributed by atoms with Crippen molar-refractivity contribution in [2.24, 2.45) is 0 Å². The Morgan fingerprint density at radius 1 is 1.15 bits per heavy atom. The summed E-state index contributed by atoms with van der Waals surface area (Å²) < 4.78 is 11.4. The molecule has 0 fully saturated rings. The smallest absolute Gasteiger partial charge is 0.234 e. The Balaban J connectivity index is 1.73. The number of nitrogens with one attached hydrogen (secondary N) is 1. The number of amides is 1. The zero-order valence-electron chi connectivity index (χ0n) is 14.6. The summed E-state index contributed by atoms with van der Waals surface area (Å²) in [6.45, 7) is 3.27. The molecule has 1 amide bonds. The molecule has 0 aromatic heterocycles. The molecule has 2 rings (SSSR count). The molecule has 0 radical (unpaired) electrons. The number of halogens is 1. The van der Waals surface area contributed by atoms with Crippen molar-refractivity contribution in [1.82, 2.24) is 5.32 Å². The molecule has 2 aromatic carbocycles. The number of hydrogen-bond acceptors (Lipinski definition) is 4. The topological polar surface area (TPSA) is 71.3 Å². The number of hydrogen-bond donors (Lipinski definition) is 1. The molecule has 0 aliphatic heterocycles. The van der Waals surface area contributed by atoms with Crippen LogP contribution in [-0.4, -0.2) is 25.7 Å². The van der Waals surface area contributed by atoms with E-state index in [1.807, 2.05) is 55.5 Å². The molecule has 5 nitrogen and oxygen atoms in total. The summed E-state index contributed by atoms with van der Waals surface area (Å²) in [6, 6.07) is 15.0. The first-order chi connectivity index (χ1) is 12.6. The molecule has 0 bridgehead atoms. The lowest BCUT2D eigenvalue weighted by atomic mass is 10.1. The molecule has 0 saturated heterocycles. The third-order valence-corrected chi connectivity index (χ3v) is 4.05. The monoisotopic (exact) mass is 372 g/mol. The first-order valence-electron chi connectivity index (χ1n) is 8.33. The van der Waals surface area contributed by atoms with Crippen molar-refractivity contribution < 1.29 is 14.3 Å². The molecule has 0 saturated carbocycles. The molecule has 6 heteroatoms. The lowest BCUT2D eigenvalue weighted by Crippen LogP contribution is -2.24. The van der Waals surface area contributed by atoms with Gasteiger partial charge in [-0.2, -0.15) is 5.26 Å². The summed E-state index contributed by atoms with van der Waals surface area (Å²) in [4.78, 5) is 11.3. The van der Waals surface area contributed by atoms with Gasteiger partial charge in [0, 0.05) is 11.6 Å². The Morgan fingerprint density at radius 3 is 2.58 bits per heavy atom. The molecule has 0 unspecified atom stereocenters. The third-order valence-electron chi connectivity index (χ3n) is 3.62. The highest BCUT2D eigenvalue weighted by atomic mass is 35.5. The lowest BCUT2D eigenvalue weighted by molar-refractivity contribution is -0.120. The van der Waals surface area contributed by atoms with E-state index < -0.39 is 0 Å². The van der Waals surface area contributed by atoms with Crippen LogP contribution in [0.15, 0.2) is 42.5 Å². The molecule has 0 heterocycles. The van der Waals surface area contributed by atoms with Crippen LogP contribution in [0.1, 0.15) is 17.5 Å². The molecule has 26 heavy (non-hydrogen) atoms. The van der Waals surface area contributed by atoms with E-state index >= 15 is 0 Å². The lowest BCUT2D eigenvalue weighted by Gasteiger charge is -2.10. The van der Waals surface area contributed by atoms with Gasteiger partial charge in [0.15, 0.2) is 0 Å². The highest BCUT2D eigenvalue weighted by molar-refractivity contribution is 6.31. The SMILES string of the molecule is Cc1cc(OCCOc2cccc(CCNC(=O)CC#N)c2)ccc1Cl. The van der Waals surface area contributed by atoms with Crippen molar-refractivity contribution in [2.45, 2.75) is 19.8 Å². The van der Waals surface area contributed by atoms with Crippen LogP contribution in [0.5, 0.6) is 11.5 Å². The summed E-state index contributed by atoms with van der Waals surface area (Å²) >= 11 is 5.99. The second kappa shape index (κ2) is 10.3. The molecule has 136 valence electrons. The normalized spacial score (nSPS) is 10.0. The van der Waals surface area contributed by atoms with Gasteiger partial charge < -0.3 is 14.8 Å². The van der Waals surface area contributed by atoms with Crippen LogP contribution in [0.3, 0.4) is 0 Å². The minimum Gasteiger partial charge on any atom is -0.490 e. The van der Waals surface area contributed by atoms with E-state index in [1.54, 1.807) is 0 Å². The van der Waals surface area contributed by atoms with Crippen molar-refractivity contribution in [2.75, 3.05) is 19.8 Å². The van der Waals surface area contributed by atoms with Gasteiger partial charge in [-0.15, -0.1) is 0 Å². The van der Waals surface area contributed by atoms with Crippen LogP contribution in [0.4, 0.5) is 0 Å². The second-order valence-electron chi connectivity index (χ2n) is 5.69. The fourth-order valence-corrected chi connectivity index (χ4v) is 2.41. The number of aryl methyl sites for hydroxylation is 1. The molecular weight excluding hydrogens is 352 g/mol. The Bertz CT molecular complexity index is 787. The summed E-state index contributed by atoms with van der Waals surface area (Å²) in [5.41, 5.74) is 2.02. The fourth-order valence-electron chi connectivity index (χ4n) is 2.30. The Hall–Kier alpha value is -2.71. The van der Waals surface area contributed by atoms with Crippen LogP contribution in [0.25, 0.3) is 0 Å². The second-order valence-corrected chi connectivity index (χ2v) is 6.10. The number of benzene rings is 2. The minimum atomic E-state index is -0.255. The van der Waals surface area contributed by atoms with Crippen molar-refractivity contribution >= 4 is 17.5 Å². The fraction of sp³-hybridized carbons (Fsp3) is 0.300. The summed E-state index contributed by atoms with van der Waals surface area (Å²) in [5.74, 6) is 1.26. The predicted molar refractivity (Wildman–Crippen MR) is 101 cm³/mol. The molecule has 1 N–H and O–H groups in total. The highest BCUT2D eigenvalue weighted by Crippen LogP contribution is 2.21. The summed E-state index contributed by atoms with van der Waals surface area (Å²) in [7, 11) is 0. The van der Waals surface area contributed by atoms with E-state index in [2.05, 4.69) is 5.32 Å². The molecular formula is C20H21ClN2O3. The number of ether oxygens (including phenoxy) is 2. The van der Waals surface area contributed by atoms with Crippen molar-refractivity contribution in [3.8, 4) is 17.6 Å². The molecule has 0 aliphatic carbocycles. The Kier molecular flexibility index (Phi) is 7.78. The Morgan fingerprint density at radius 2 is 1.88 bits per heavy atom. The maximum atomic E-state index is 11.3. The van der Waals surface area contributed by atoms with Gasteiger partial charge in [-0.1, -0.05) is 23.7 Å². The Labute approximate surface area is 158 Å². The number of rotatable bonds is 9. The van der Waals surface area contributed by atoms with Crippen LogP contribution >= 0.6 is 11.6 Å². The quantitative estimate of drug-likeness (QED) is 0.681. The zero-order chi connectivity index (χ0) is 18.8. The first kappa shape index (κ1) is 19.6. The number of nitrogens with zero attached hydrogens (tertiary/aromatic N) is 1. The summed E-state index contributed by atoms with van der Waals surface area (Å²) in [5, 5.41) is 11.9. The average Bonchev–Trinajstić information content (AvgIpc) is 2.62. The summed E-state index contributed by atoms with van der Waals surface area (Å²) in [6.07, 6.45) is 0.561. The zero-order valence-corrected chi connectivity index (χ0v) is 15.4. The predicted octanol–water partition coefficient (Wildman–Crippen LogP) is 3.68. The van der Waals surface area contributed by atoms with Gasteiger partial charge in [-0.25, -0.2) is 0 Å². The van der Waals surface area contributed by atoms with Crippen molar-refractivity contribution in [3.63, 3.8) is 0 Å².